The number of esters is 1. The van der Waals surface area contributed by atoms with E-state index in [-0.39, 0.29) is 5.97 Å². The normalized spacial score (nSPS) is 18.2. The van der Waals surface area contributed by atoms with Crippen molar-refractivity contribution in [1.82, 2.24) is 0 Å². The number of hydrogen-bond acceptors (Lipinski definition) is 2. The predicted molar refractivity (Wildman–Crippen MR) is 75.2 cm³/mol. The first kappa shape index (κ1) is 14.7. The van der Waals surface area contributed by atoms with Gasteiger partial charge in [-0.3, -0.25) is 0 Å². The van der Waals surface area contributed by atoms with Gasteiger partial charge in [-0.05, 0) is 57.4 Å². The molecule has 0 saturated heterocycles. The summed E-state index contributed by atoms with van der Waals surface area (Å²) in [6.07, 6.45) is 10.0. The van der Waals surface area contributed by atoms with E-state index in [1.807, 2.05) is 0 Å². The van der Waals surface area contributed by atoms with E-state index in [1.165, 1.54) is 19.1 Å². The van der Waals surface area contributed by atoms with Crippen molar-refractivity contribution >= 4 is 5.97 Å². The SMILES string of the molecule is C=C(C(=O)OC)C1=CCCC1CCCC=C(C)C. The van der Waals surface area contributed by atoms with Crippen LogP contribution in [0.5, 0.6) is 0 Å². The van der Waals surface area contributed by atoms with Gasteiger partial charge in [0, 0.05) is 0 Å². The molecular weight excluding hydrogens is 224 g/mol. The van der Waals surface area contributed by atoms with E-state index in [0.29, 0.717) is 11.5 Å². The van der Waals surface area contributed by atoms with Crippen molar-refractivity contribution in [3.05, 3.63) is 35.5 Å². The zero-order chi connectivity index (χ0) is 13.5. The van der Waals surface area contributed by atoms with Crippen molar-refractivity contribution < 1.29 is 9.53 Å². The Hall–Kier alpha value is -1.31. The molecule has 0 spiro atoms. The lowest BCUT2D eigenvalue weighted by Crippen LogP contribution is -2.10. The van der Waals surface area contributed by atoms with Crippen molar-refractivity contribution in [2.24, 2.45) is 5.92 Å². The van der Waals surface area contributed by atoms with Gasteiger partial charge in [0.05, 0.1) is 12.7 Å². The second-order valence-corrected chi connectivity index (χ2v) is 5.12. The van der Waals surface area contributed by atoms with E-state index >= 15 is 0 Å². The highest BCUT2D eigenvalue weighted by Crippen LogP contribution is 2.34. The Morgan fingerprint density at radius 1 is 1.56 bits per heavy atom. The molecule has 0 saturated carbocycles. The third-order valence-corrected chi connectivity index (χ3v) is 3.41. The molecule has 0 bridgehead atoms. The van der Waals surface area contributed by atoms with E-state index in [0.717, 1.165) is 31.3 Å². The summed E-state index contributed by atoms with van der Waals surface area (Å²) in [4.78, 5) is 11.5. The lowest BCUT2D eigenvalue weighted by molar-refractivity contribution is -0.135. The van der Waals surface area contributed by atoms with Gasteiger partial charge in [0.2, 0.25) is 0 Å². The van der Waals surface area contributed by atoms with Gasteiger partial charge in [0.15, 0.2) is 0 Å². The number of ether oxygens (including phenoxy) is 1. The molecule has 18 heavy (non-hydrogen) atoms. The van der Waals surface area contributed by atoms with Crippen LogP contribution in [-0.2, 0) is 9.53 Å². The Kier molecular flexibility index (Phi) is 5.90. The summed E-state index contributed by atoms with van der Waals surface area (Å²) in [5.41, 5.74) is 3.03. The summed E-state index contributed by atoms with van der Waals surface area (Å²) in [6, 6.07) is 0. The van der Waals surface area contributed by atoms with Gasteiger partial charge in [0.1, 0.15) is 0 Å². The molecule has 0 N–H and O–H groups in total. The number of carbonyl (C=O) groups is 1. The molecule has 0 amide bonds. The molecule has 0 aliphatic heterocycles. The van der Waals surface area contributed by atoms with Gasteiger partial charge in [-0.25, -0.2) is 4.79 Å². The first-order valence-electron chi connectivity index (χ1n) is 6.67. The van der Waals surface area contributed by atoms with Crippen LogP contribution in [0.3, 0.4) is 0 Å². The number of rotatable bonds is 6. The summed E-state index contributed by atoms with van der Waals surface area (Å²) in [5.74, 6) is 0.194. The van der Waals surface area contributed by atoms with E-state index in [2.05, 4.69) is 32.6 Å². The fraction of sp³-hybridized carbons (Fsp3) is 0.562. The fourth-order valence-electron chi connectivity index (χ4n) is 2.43. The van der Waals surface area contributed by atoms with Gasteiger partial charge in [0.25, 0.3) is 0 Å². The van der Waals surface area contributed by atoms with Gasteiger partial charge in [-0.2, -0.15) is 0 Å². The molecule has 1 atom stereocenters. The number of hydrogen-bond donors (Lipinski definition) is 0. The monoisotopic (exact) mass is 248 g/mol. The maximum atomic E-state index is 11.5. The lowest BCUT2D eigenvalue weighted by Gasteiger charge is -2.15. The van der Waals surface area contributed by atoms with Crippen LogP contribution < -0.4 is 0 Å². The number of allylic oxidation sites excluding steroid dienone is 3. The quantitative estimate of drug-likeness (QED) is 0.305. The van der Waals surface area contributed by atoms with Crippen LogP contribution in [0.4, 0.5) is 0 Å². The van der Waals surface area contributed by atoms with Crippen LogP contribution in [0.25, 0.3) is 0 Å². The Balaban J connectivity index is 2.47. The van der Waals surface area contributed by atoms with E-state index in [4.69, 9.17) is 4.74 Å². The summed E-state index contributed by atoms with van der Waals surface area (Å²) < 4.78 is 4.74. The zero-order valence-corrected chi connectivity index (χ0v) is 11.8. The molecule has 1 aliphatic rings. The predicted octanol–water partition coefficient (Wildman–Crippen LogP) is 4.19. The Morgan fingerprint density at radius 2 is 2.28 bits per heavy atom. The maximum Gasteiger partial charge on any atom is 0.337 e. The third kappa shape index (κ3) is 4.17. The molecule has 1 unspecified atom stereocenters. The molecule has 0 radical (unpaired) electrons. The third-order valence-electron chi connectivity index (χ3n) is 3.41. The fourth-order valence-corrected chi connectivity index (χ4v) is 2.43. The molecular formula is C16H24O2. The molecule has 0 aromatic carbocycles. The number of unbranched alkanes of at least 4 members (excludes halogenated alkanes) is 1. The smallest absolute Gasteiger partial charge is 0.337 e. The molecule has 0 fully saturated rings. The van der Waals surface area contributed by atoms with Crippen molar-refractivity contribution in [2.45, 2.75) is 46.0 Å². The Morgan fingerprint density at radius 3 is 2.89 bits per heavy atom. The first-order chi connectivity index (χ1) is 8.56. The zero-order valence-electron chi connectivity index (χ0n) is 11.8. The van der Waals surface area contributed by atoms with Crippen LogP contribution in [-0.4, -0.2) is 13.1 Å². The first-order valence-corrected chi connectivity index (χ1v) is 6.67. The summed E-state index contributed by atoms with van der Waals surface area (Å²) in [5, 5.41) is 0. The number of carbonyl (C=O) groups excluding carboxylic acids is 1. The van der Waals surface area contributed by atoms with Gasteiger partial charge >= 0.3 is 5.97 Å². The van der Waals surface area contributed by atoms with Crippen molar-refractivity contribution in [2.75, 3.05) is 7.11 Å². The van der Waals surface area contributed by atoms with E-state index in [9.17, 15) is 4.79 Å². The van der Waals surface area contributed by atoms with Crippen molar-refractivity contribution in [3.63, 3.8) is 0 Å². The van der Waals surface area contributed by atoms with Gasteiger partial charge < -0.3 is 4.74 Å². The molecule has 2 nitrogen and oxygen atoms in total. The second kappa shape index (κ2) is 7.20. The molecule has 0 aromatic heterocycles. The minimum Gasteiger partial charge on any atom is -0.465 e. The van der Waals surface area contributed by atoms with Crippen LogP contribution in [0.2, 0.25) is 0 Å². The highest BCUT2D eigenvalue weighted by Gasteiger charge is 2.24. The Labute approximate surface area is 110 Å². The number of methoxy groups -OCH3 is 1. The molecule has 2 heteroatoms. The van der Waals surface area contributed by atoms with E-state index < -0.39 is 0 Å². The van der Waals surface area contributed by atoms with Crippen LogP contribution in [0, 0.1) is 5.92 Å². The van der Waals surface area contributed by atoms with Gasteiger partial charge in [-0.1, -0.05) is 24.3 Å². The van der Waals surface area contributed by atoms with Gasteiger partial charge in [-0.15, -0.1) is 0 Å². The molecule has 0 aromatic rings. The Bertz CT molecular complexity index is 371. The molecule has 100 valence electrons. The van der Waals surface area contributed by atoms with Crippen LogP contribution in [0.15, 0.2) is 35.5 Å². The second-order valence-electron chi connectivity index (χ2n) is 5.12. The minimum absolute atomic E-state index is 0.294. The maximum absolute atomic E-state index is 11.5. The summed E-state index contributed by atoms with van der Waals surface area (Å²) in [6.45, 7) is 8.11. The standard InChI is InChI=1S/C16H24O2/c1-12(2)8-5-6-9-14-10-7-11-15(14)13(3)16(17)18-4/h8,11,14H,3,5-7,9-10H2,1-2,4H3. The van der Waals surface area contributed by atoms with Crippen LogP contribution in [0.1, 0.15) is 46.0 Å². The molecule has 1 aliphatic carbocycles. The molecule has 1 rings (SSSR count). The van der Waals surface area contributed by atoms with E-state index in [1.54, 1.807) is 0 Å². The largest absolute Gasteiger partial charge is 0.465 e. The minimum atomic E-state index is -0.294. The topological polar surface area (TPSA) is 26.3 Å². The summed E-state index contributed by atoms with van der Waals surface area (Å²) in [7, 11) is 1.41. The van der Waals surface area contributed by atoms with Crippen molar-refractivity contribution in [3.8, 4) is 0 Å². The average Bonchev–Trinajstić information content (AvgIpc) is 2.80. The van der Waals surface area contributed by atoms with Crippen molar-refractivity contribution in [1.29, 1.82) is 0 Å². The van der Waals surface area contributed by atoms with Crippen LogP contribution >= 0.6 is 0 Å². The lowest BCUT2D eigenvalue weighted by atomic mass is 9.91. The summed E-state index contributed by atoms with van der Waals surface area (Å²) >= 11 is 0. The average molecular weight is 248 g/mol. The highest BCUT2D eigenvalue weighted by molar-refractivity contribution is 5.92. The molecule has 0 heterocycles. The highest BCUT2D eigenvalue weighted by atomic mass is 16.5.